The highest BCUT2D eigenvalue weighted by atomic mass is 19.1. The minimum Gasteiger partial charge on any atom is -0.467 e. The molecular weight excluding hydrogens is 285 g/mol. The number of rotatable bonds is 4. The first-order valence-electron chi connectivity index (χ1n) is 7.89. The van der Waals surface area contributed by atoms with E-state index in [9.17, 15) is 9.50 Å². The number of ether oxygens (including phenoxy) is 2. The van der Waals surface area contributed by atoms with E-state index in [2.05, 4.69) is 11.9 Å². The molecule has 0 aliphatic carbocycles. The van der Waals surface area contributed by atoms with Crippen molar-refractivity contribution >= 4 is 0 Å². The highest BCUT2D eigenvalue weighted by Crippen LogP contribution is 2.44. The van der Waals surface area contributed by atoms with Crippen LogP contribution in [0.2, 0.25) is 0 Å². The zero-order valence-corrected chi connectivity index (χ0v) is 13.2. The number of nitrogens with zero attached hydrogens (tertiary/aromatic N) is 1. The van der Waals surface area contributed by atoms with Crippen LogP contribution in [-0.2, 0) is 10.3 Å². The molecule has 2 aliphatic rings. The summed E-state index contributed by atoms with van der Waals surface area (Å²) < 4.78 is 24.6. The Morgan fingerprint density at radius 3 is 2.59 bits per heavy atom. The molecule has 2 atom stereocenters. The van der Waals surface area contributed by atoms with Gasteiger partial charge in [-0.2, -0.15) is 0 Å². The molecule has 2 saturated heterocycles. The fourth-order valence-electron chi connectivity index (χ4n) is 3.96. The summed E-state index contributed by atoms with van der Waals surface area (Å²) in [6.45, 7) is 0.0813. The summed E-state index contributed by atoms with van der Waals surface area (Å²) in [4.78, 5) is 2.35. The van der Waals surface area contributed by atoms with Crippen molar-refractivity contribution in [1.29, 1.82) is 0 Å². The SMILES string of the molecule is COCOc1ccc(C2(O)CC3CCCC(C2)N3C)c(F)c1. The van der Waals surface area contributed by atoms with Gasteiger partial charge in [0.15, 0.2) is 6.79 Å². The van der Waals surface area contributed by atoms with Gasteiger partial charge in [-0.25, -0.2) is 4.39 Å². The van der Waals surface area contributed by atoms with Crippen LogP contribution in [0.25, 0.3) is 0 Å². The van der Waals surface area contributed by atoms with E-state index in [0.29, 0.717) is 36.2 Å². The standard InChI is InChI=1S/C17H24FNO3/c1-19-12-4-3-5-13(19)10-17(20,9-12)15-7-6-14(8-16(15)18)22-11-21-2/h6-8,12-13,20H,3-5,9-11H2,1-2H3. The second kappa shape index (κ2) is 6.14. The van der Waals surface area contributed by atoms with Crippen molar-refractivity contribution in [3.63, 3.8) is 0 Å². The third kappa shape index (κ3) is 2.85. The minimum absolute atomic E-state index is 0.0813. The van der Waals surface area contributed by atoms with Gasteiger partial charge in [0.25, 0.3) is 0 Å². The van der Waals surface area contributed by atoms with Gasteiger partial charge in [0, 0.05) is 30.8 Å². The van der Waals surface area contributed by atoms with Gasteiger partial charge in [-0.3, -0.25) is 0 Å². The van der Waals surface area contributed by atoms with Gasteiger partial charge in [0.2, 0.25) is 0 Å². The predicted molar refractivity (Wildman–Crippen MR) is 81.2 cm³/mol. The Morgan fingerprint density at radius 1 is 1.32 bits per heavy atom. The van der Waals surface area contributed by atoms with E-state index < -0.39 is 11.4 Å². The number of fused-ring (bicyclic) bond motifs is 2. The second-order valence-corrected chi connectivity index (χ2v) is 6.54. The molecule has 22 heavy (non-hydrogen) atoms. The van der Waals surface area contributed by atoms with E-state index in [1.165, 1.54) is 19.6 Å². The molecule has 1 aromatic carbocycles. The number of halogens is 1. The molecule has 1 N–H and O–H groups in total. The van der Waals surface area contributed by atoms with Crippen molar-refractivity contribution in [3.8, 4) is 5.75 Å². The molecule has 0 radical (unpaired) electrons. The zero-order chi connectivity index (χ0) is 15.7. The normalized spacial score (nSPS) is 32.0. The maximum absolute atomic E-state index is 14.5. The summed E-state index contributed by atoms with van der Waals surface area (Å²) in [6.07, 6.45) is 4.53. The molecule has 4 nitrogen and oxygen atoms in total. The highest BCUT2D eigenvalue weighted by Gasteiger charge is 2.45. The van der Waals surface area contributed by atoms with Crippen molar-refractivity contribution < 1.29 is 19.0 Å². The van der Waals surface area contributed by atoms with Crippen LogP contribution in [0.3, 0.4) is 0 Å². The minimum atomic E-state index is -1.08. The lowest BCUT2D eigenvalue weighted by atomic mass is 9.72. The van der Waals surface area contributed by atoms with Gasteiger partial charge < -0.3 is 19.5 Å². The van der Waals surface area contributed by atoms with Crippen molar-refractivity contribution in [2.45, 2.75) is 49.8 Å². The van der Waals surface area contributed by atoms with Crippen molar-refractivity contribution in [2.24, 2.45) is 0 Å². The van der Waals surface area contributed by atoms with Gasteiger partial charge in [0.05, 0.1) is 5.60 Å². The van der Waals surface area contributed by atoms with Crippen LogP contribution in [0.5, 0.6) is 5.75 Å². The fourth-order valence-corrected chi connectivity index (χ4v) is 3.96. The third-order valence-corrected chi connectivity index (χ3v) is 5.16. The second-order valence-electron chi connectivity index (χ2n) is 6.54. The lowest BCUT2D eigenvalue weighted by Gasteiger charge is -2.50. The van der Waals surface area contributed by atoms with E-state index >= 15 is 0 Å². The van der Waals surface area contributed by atoms with Crippen LogP contribution < -0.4 is 4.74 Å². The van der Waals surface area contributed by atoms with E-state index in [1.807, 2.05) is 0 Å². The summed E-state index contributed by atoms with van der Waals surface area (Å²) in [5, 5.41) is 11.1. The average molecular weight is 309 g/mol. The molecule has 3 rings (SSSR count). The number of hydrogen-bond donors (Lipinski definition) is 1. The third-order valence-electron chi connectivity index (χ3n) is 5.16. The van der Waals surface area contributed by atoms with Crippen LogP contribution >= 0.6 is 0 Å². The van der Waals surface area contributed by atoms with Crippen LogP contribution in [0.4, 0.5) is 4.39 Å². The van der Waals surface area contributed by atoms with Crippen molar-refractivity contribution in [3.05, 3.63) is 29.6 Å². The van der Waals surface area contributed by atoms with Crippen LogP contribution in [0, 0.1) is 5.82 Å². The molecule has 1 aromatic rings. The zero-order valence-electron chi connectivity index (χ0n) is 13.2. The van der Waals surface area contributed by atoms with Gasteiger partial charge in [-0.15, -0.1) is 0 Å². The van der Waals surface area contributed by atoms with Gasteiger partial charge >= 0.3 is 0 Å². The summed E-state index contributed by atoms with van der Waals surface area (Å²) in [5.74, 6) is 0.0125. The molecule has 2 unspecified atom stereocenters. The molecule has 2 bridgehead atoms. The molecular formula is C17H24FNO3. The largest absolute Gasteiger partial charge is 0.467 e. The number of benzene rings is 1. The van der Waals surface area contributed by atoms with Crippen molar-refractivity contribution in [1.82, 2.24) is 4.90 Å². The average Bonchev–Trinajstić information content (AvgIpc) is 2.47. The number of aliphatic hydroxyl groups is 1. The van der Waals surface area contributed by atoms with E-state index in [4.69, 9.17) is 9.47 Å². The Kier molecular flexibility index (Phi) is 4.39. The molecule has 0 saturated carbocycles. The maximum atomic E-state index is 14.5. The van der Waals surface area contributed by atoms with Crippen molar-refractivity contribution in [2.75, 3.05) is 21.0 Å². The monoisotopic (exact) mass is 309 g/mol. The molecule has 0 amide bonds. The van der Waals surface area contributed by atoms with Gasteiger partial charge in [0.1, 0.15) is 11.6 Å². The smallest absolute Gasteiger partial charge is 0.188 e. The van der Waals surface area contributed by atoms with E-state index in [-0.39, 0.29) is 6.79 Å². The van der Waals surface area contributed by atoms with Crippen LogP contribution in [0.1, 0.15) is 37.7 Å². The number of hydrogen-bond acceptors (Lipinski definition) is 4. The highest BCUT2D eigenvalue weighted by molar-refractivity contribution is 5.33. The molecule has 2 aliphatic heterocycles. The topological polar surface area (TPSA) is 41.9 Å². The Hall–Kier alpha value is -1.17. The Balaban J connectivity index is 1.83. The quantitative estimate of drug-likeness (QED) is 0.868. The maximum Gasteiger partial charge on any atom is 0.188 e. The lowest BCUT2D eigenvalue weighted by Crippen LogP contribution is -2.55. The van der Waals surface area contributed by atoms with Crippen LogP contribution in [0.15, 0.2) is 18.2 Å². The fraction of sp³-hybridized carbons (Fsp3) is 0.647. The number of piperidine rings is 2. The van der Waals surface area contributed by atoms with E-state index in [1.54, 1.807) is 12.1 Å². The first kappa shape index (κ1) is 15.7. The Labute approximate surface area is 130 Å². The first-order chi connectivity index (χ1) is 10.5. The summed E-state index contributed by atoms with van der Waals surface area (Å²) in [7, 11) is 3.64. The Morgan fingerprint density at radius 2 is 2.00 bits per heavy atom. The van der Waals surface area contributed by atoms with E-state index in [0.717, 1.165) is 12.8 Å². The molecule has 0 aromatic heterocycles. The summed E-state index contributed by atoms with van der Waals surface area (Å²) in [6, 6.07) is 5.35. The first-order valence-corrected chi connectivity index (χ1v) is 7.89. The summed E-state index contributed by atoms with van der Waals surface area (Å²) in [5.41, 5.74) is -0.686. The molecule has 2 heterocycles. The van der Waals surface area contributed by atoms with Gasteiger partial charge in [-0.1, -0.05) is 6.42 Å². The van der Waals surface area contributed by atoms with Crippen LogP contribution in [-0.4, -0.2) is 43.0 Å². The molecule has 5 heteroatoms. The Bertz CT molecular complexity index is 523. The molecule has 0 spiro atoms. The van der Waals surface area contributed by atoms with Gasteiger partial charge in [-0.05, 0) is 44.9 Å². The molecule has 122 valence electrons. The molecule has 2 fully saturated rings. The lowest BCUT2D eigenvalue weighted by molar-refractivity contribution is -0.0891. The number of methoxy groups -OCH3 is 1. The predicted octanol–water partition coefficient (Wildman–Crippen LogP) is 2.64. The summed E-state index contributed by atoms with van der Waals surface area (Å²) >= 11 is 0.